The van der Waals surface area contributed by atoms with Crippen LogP contribution in [0.2, 0.25) is 5.02 Å². The van der Waals surface area contributed by atoms with Crippen LogP contribution in [-0.4, -0.2) is 19.9 Å². The molecule has 0 saturated heterocycles. The van der Waals surface area contributed by atoms with Gasteiger partial charge < -0.3 is 0 Å². The highest BCUT2D eigenvalue weighted by atomic mass is 35.5. The standard InChI is InChI=1S/C32H21ClN4/c33-27-15-9-14-26(28-16-7-8-21-34-28)29(27)22-17-19-25(20-18-22)32-36-30(23-10-3-1-4-11-23)35-31(37-32)24-12-5-2-6-13-24/h1-21H. The van der Waals surface area contributed by atoms with E-state index in [4.69, 9.17) is 26.6 Å². The number of benzene rings is 4. The minimum Gasteiger partial charge on any atom is -0.256 e. The predicted molar refractivity (Wildman–Crippen MR) is 150 cm³/mol. The Morgan fingerprint density at radius 2 is 0.946 bits per heavy atom. The van der Waals surface area contributed by atoms with Gasteiger partial charge in [0.1, 0.15) is 0 Å². The SMILES string of the molecule is Clc1cccc(-c2ccccn2)c1-c1ccc(-c2nc(-c3ccccc3)nc(-c3ccccc3)n2)cc1. The van der Waals surface area contributed by atoms with E-state index in [0.29, 0.717) is 22.5 Å². The second-order valence-corrected chi connectivity index (χ2v) is 8.90. The van der Waals surface area contributed by atoms with Crippen molar-refractivity contribution in [2.75, 3.05) is 0 Å². The van der Waals surface area contributed by atoms with Gasteiger partial charge in [-0.2, -0.15) is 0 Å². The first-order valence-corrected chi connectivity index (χ1v) is 12.3. The molecule has 4 aromatic carbocycles. The number of nitrogens with zero attached hydrogens (tertiary/aromatic N) is 4. The van der Waals surface area contributed by atoms with E-state index in [2.05, 4.69) is 17.1 Å². The highest BCUT2D eigenvalue weighted by Gasteiger charge is 2.15. The molecule has 4 nitrogen and oxygen atoms in total. The molecule has 2 heterocycles. The Morgan fingerprint density at radius 1 is 0.432 bits per heavy atom. The van der Waals surface area contributed by atoms with Crippen molar-refractivity contribution in [3.8, 4) is 56.5 Å². The quantitative estimate of drug-likeness (QED) is 0.241. The fourth-order valence-electron chi connectivity index (χ4n) is 4.28. The summed E-state index contributed by atoms with van der Waals surface area (Å²) in [5, 5.41) is 0.675. The first-order valence-electron chi connectivity index (χ1n) is 11.9. The van der Waals surface area contributed by atoms with Gasteiger partial charge in [0, 0.05) is 39.0 Å². The van der Waals surface area contributed by atoms with E-state index in [0.717, 1.165) is 39.1 Å². The van der Waals surface area contributed by atoms with E-state index < -0.39 is 0 Å². The Bertz CT molecular complexity index is 1600. The third-order valence-corrected chi connectivity index (χ3v) is 6.40. The van der Waals surface area contributed by atoms with Gasteiger partial charge in [0.05, 0.1) is 5.69 Å². The van der Waals surface area contributed by atoms with Crippen LogP contribution < -0.4 is 0 Å². The second-order valence-electron chi connectivity index (χ2n) is 8.49. The van der Waals surface area contributed by atoms with Crippen molar-refractivity contribution in [2.24, 2.45) is 0 Å². The smallest absolute Gasteiger partial charge is 0.164 e. The van der Waals surface area contributed by atoms with Gasteiger partial charge >= 0.3 is 0 Å². The normalized spacial score (nSPS) is 10.8. The van der Waals surface area contributed by atoms with E-state index >= 15 is 0 Å². The maximum atomic E-state index is 6.69. The molecule has 0 spiro atoms. The third-order valence-electron chi connectivity index (χ3n) is 6.09. The molecule has 37 heavy (non-hydrogen) atoms. The van der Waals surface area contributed by atoms with Crippen LogP contribution in [0.5, 0.6) is 0 Å². The number of hydrogen-bond donors (Lipinski definition) is 0. The Balaban J connectivity index is 1.44. The average molecular weight is 497 g/mol. The van der Waals surface area contributed by atoms with Gasteiger partial charge in [0.25, 0.3) is 0 Å². The summed E-state index contributed by atoms with van der Waals surface area (Å²) in [6, 6.07) is 39.9. The largest absolute Gasteiger partial charge is 0.256 e. The van der Waals surface area contributed by atoms with Crippen molar-refractivity contribution in [3.63, 3.8) is 0 Å². The molecule has 0 radical (unpaired) electrons. The van der Waals surface area contributed by atoms with Crippen molar-refractivity contribution in [2.45, 2.75) is 0 Å². The summed E-state index contributed by atoms with van der Waals surface area (Å²) in [4.78, 5) is 19.0. The van der Waals surface area contributed by atoms with Crippen LogP contribution >= 0.6 is 11.6 Å². The lowest BCUT2D eigenvalue weighted by atomic mass is 9.96. The number of halogens is 1. The monoisotopic (exact) mass is 496 g/mol. The zero-order valence-corrected chi connectivity index (χ0v) is 20.5. The Kier molecular flexibility index (Phi) is 6.24. The van der Waals surface area contributed by atoms with Crippen LogP contribution in [0.4, 0.5) is 0 Å². The Hall–Kier alpha value is -4.67. The van der Waals surface area contributed by atoms with E-state index in [-0.39, 0.29) is 0 Å². The van der Waals surface area contributed by atoms with Crippen molar-refractivity contribution in [1.82, 2.24) is 19.9 Å². The summed E-state index contributed by atoms with van der Waals surface area (Å²) < 4.78 is 0. The molecular formula is C32H21ClN4. The van der Waals surface area contributed by atoms with Gasteiger partial charge in [0.2, 0.25) is 0 Å². The molecule has 0 N–H and O–H groups in total. The van der Waals surface area contributed by atoms with E-state index in [1.54, 1.807) is 6.20 Å². The molecule has 176 valence electrons. The molecule has 0 aliphatic carbocycles. The molecular weight excluding hydrogens is 476 g/mol. The zero-order valence-electron chi connectivity index (χ0n) is 19.8. The maximum absolute atomic E-state index is 6.69. The number of pyridine rings is 1. The first kappa shape index (κ1) is 22.8. The molecule has 0 bridgehead atoms. The van der Waals surface area contributed by atoms with Crippen LogP contribution in [-0.2, 0) is 0 Å². The van der Waals surface area contributed by atoms with Crippen LogP contribution in [0.15, 0.2) is 128 Å². The van der Waals surface area contributed by atoms with Gasteiger partial charge in [-0.25, -0.2) is 15.0 Å². The van der Waals surface area contributed by atoms with Crippen molar-refractivity contribution < 1.29 is 0 Å². The first-order chi connectivity index (χ1) is 18.3. The molecule has 0 fully saturated rings. The Labute approximate surface area is 220 Å². The molecule has 0 saturated carbocycles. The summed E-state index contributed by atoms with van der Waals surface area (Å²) in [5.74, 6) is 1.89. The fourth-order valence-corrected chi connectivity index (χ4v) is 4.56. The summed E-state index contributed by atoms with van der Waals surface area (Å²) in [7, 11) is 0. The molecule has 6 aromatic rings. The molecule has 0 atom stereocenters. The lowest BCUT2D eigenvalue weighted by Gasteiger charge is -2.12. The Morgan fingerprint density at radius 3 is 1.49 bits per heavy atom. The molecule has 5 heteroatoms. The zero-order chi connectivity index (χ0) is 25.0. The van der Waals surface area contributed by atoms with Crippen LogP contribution in [0, 0.1) is 0 Å². The summed E-state index contributed by atoms with van der Waals surface area (Å²) >= 11 is 6.69. The fraction of sp³-hybridized carbons (Fsp3) is 0. The summed E-state index contributed by atoms with van der Waals surface area (Å²) in [6.45, 7) is 0. The lowest BCUT2D eigenvalue weighted by Crippen LogP contribution is -2.00. The van der Waals surface area contributed by atoms with Gasteiger partial charge in [-0.1, -0.05) is 115 Å². The number of aromatic nitrogens is 4. The lowest BCUT2D eigenvalue weighted by molar-refractivity contribution is 1.07. The average Bonchev–Trinajstić information content (AvgIpc) is 2.98. The highest BCUT2D eigenvalue weighted by molar-refractivity contribution is 6.34. The molecule has 2 aromatic heterocycles. The minimum atomic E-state index is 0.614. The predicted octanol–water partition coefficient (Wildman–Crippen LogP) is 8.26. The minimum absolute atomic E-state index is 0.614. The second kappa shape index (κ2) is 10.1. The summed E-state index contributed by atoms with van der Waals surface area (Å²) in [5.41, 5.74) is 6.58. The molecule has 0 aliphatic rings. The molecule has 6 rings (SSSR count). The maximum Gasteiger partial charge on any atom is 0.164 e. The van der Waals surface area contributed by atoms with Crippen molar-refractivity contribution >= 4 is 11.6 Å². The number of rotatable bonds is 5. The number of hydrogen-bond acceptors (Lipinski definition) is 4. The molecule has 0 unspecified atom stereocenters. The highest BCUT2D eigenvalue weighted by Crippen LogP contribution is 2.37. The van der Waals surface area contributed by atoms with Gasteiger partial charge in [-0.15, -0.1) is 0 Å². The third kappa shape index (κ3) is 4.75. The van der Waals surface area contributed by atoms with E-state index in [1.807, 2.05) is 109 Å². The van der Waals surface area contributed by atoms with Gasteiger partial charge in [-0.3, -0.25) is 4.98 Å². The van der Waals surface area contributed by atoms with Crippen LogP contribution in [0.25, 0.3) is 56.5 Å². The van der Waals surface area contributed by atoms with Crippen LogP contribution in [0.1, 0.15) is 0 Å². The van der Waals surface area contributed by atoms with E-state index in [1.165, 1.54) is 0 Å². The summed E-state index contributed by atoms with van der Waals surface area (Å²) in [6.07, 6.45) is 1.79. The van der Waals surface area contributed by atoms with Gasteiger partial charge in [0.15, 0.2) is 17.5 Å². The van der Waals surface area contributed by atoms with Crippen molar-refractivity contribution in [3.05, 3.63) is 133 Å². The van der Waals surface area contributed by atoms with Crippen LogP contribution in [0.3, 0.4) is 0 Å². The van der Waals surface area contributed by atoms with E-state index in [9.17, 15) is 0 Å². The topological polar surface area (TPSA) is 51.6 Å². The molecule has 0 amide bonds. The van der Waals surface area contributed by atoms with Crippen molar-refractivity contribution in [1.29, 1.82) is 0 Å². The molecule has 0 aliphatic heterocycles. The van der Waals surface area contributed by atoms with Gasteiger partial charge in [-0.05, 0) is 23.8 Å².